The highest BCUT2D eigenvalue weighted by molar-refractivity contribution is 5.05. The summed E-state index contributed by atoms with van der Waals surface area (Å²) in [5.74, 6) is 0.852. The van der Waals surface area contributed by atoms with Crippen molar-refractivity contribution in [3.63, 3.8) is 0 Å². The van der Waals surface area contributed by atoms with Crippen molar-refractivity contribution < 1.29 is 0 Å². The molecule has 2 nitrogen and oxygen atoms in total. The van der Waals surface area contributed by atoms with E-state index in [0.29, 0.717) is 5.54 Å². The van der Waals surface area contributed by atoms with Gasteiger partial charge in [-0.2, -0.15) is 0 Å². The van der Waals surface area contributed by atoms with E-state index in [1.54, 1.807) is 0 Å². The highest BCUT2D eigenvalue weighted by Crippen LogP contribution is 2.46. The van der Waals surface area contributed by atoms with Crippen molar-refractivity contribution in [2.75, 3.05) is 13.1 Å². The molecular formula is C15H30N2. The number of unbranched alkanes of at least 4 members (excludes halogenated alkanes) is 1. The van der Waals surface area contributed by atoms with Gasteiger partial charge in [0, 0.05) is 18.1 Å². The van der Waals surface area contributed by atoms with Crippen LogP contribution in [0.15, 0.2) is 0 Å². The van der Waals surface area contributed by atoms with Gasteiger partial charge in [-0.15, -0.1) is 0 Å². The normalized spacial score (nSPS) is 33.5. The van der Waals surface area contributed by atoms with Gasteiger partial charge in [0.2, 0.25) is 0 Å². The van der Waals surface area contributed by atoms with Crippen molar-refractivity contribution in [1.29, 1.82) is 0 Å². The lowest BCUT2D eigenvalue weighted by Crippen LogP contribution is -2.57. The van der Waals surface area contributed by atoms with Crippen LogP contribution in [0.5, 0.6) is 0 Å². The van der Waals surface area contributed by atoms with E-state index in [9.17, 15) is 0 Å². The molecule has 2 aliphatic carbocycles. The molecule has 0 aromatic rings. The van der Waals surface area contributed by atoms with E-state index in [4.69, 9.17) is 5.73 Å². The Morgan fingerprint density at radius 2 is 2.00 bits per heavy atom. The number of rotatable bonds is 7. The quantitative estimate of drug-likeness (QED) is 0.738. The van der Waals surface area contributed by atoms with Crippen LogP contribution in [0, 0.1) is 5.92 Å². The summed E-state index contributed by atoms with van der Waals surface area (Å²) in [7, 11) is 0. The fourth-order valence-electron chi connectivity index (χ4n) is 3.96. The lowest BCUT2D eigenvalue weighted by Gasteiger charge is -2.45. The molecule has 2 unspecified atom stereocenters. The van der Waals surface area contributed by atoms with Gasteiger partial charge in [0.05, 0.1) is 0 Å². The molecule has 0 heterocycles. The number of nitrogens with zero attached hydrogens (tertiary/aromatic N) is 1. The largest absolute Gasteiger partial charge is 0.329 e. The van der Waals surface area contributed by atoms with Gasteiger partial charge in [0.1, 0.15) is 0 Å². The molecule has 0 aliphatic heterocycles. The molecule has 0 aromatic heterocycles. The minimum absolute atomic E-state index is 0.366. The molecule has 2 aliphatic rings. The van der Waals surface area contributed by atoms with E-state index < -0.39 is 0 Å². The molecule has 2 fully saturated rings. The summed E-state index contributed by atoms with van der Waals surface area (Å²) in [6, 6.07) is 0.872. The predicted molar refractivity (Wildman–Crippen MR) is 74.1 cm³/mol. The van der Waals surface area contributed by atoms with Crippen LogP contribution in [0.4, 0.5) is 0 Å². The third-order valence-electron chi connectivity index (χ3n) is 5.08. The van der Waals surface area contributed by atoms with Gasteiger partial charge in [0.25, 0.3) is 0 Å². The number of hydrogen-bond acceptors (Lipinski definition) is 2. The first kappa shape index (κ1) is 13.4. The molecule has 2 saturated carbocycles. The Bertz CT molecular complexity index is 237. The van der Waals surface area contributed by atoms with Crippen molar-refractivity contribution in [3.05, 3.63) is 0 Å². The van der Waals surface area contributed by atoms with Gasteiger partial charge in [-0.3, -0.25) is 4.90 Å². The van der Waals surface area contributed by atoms with Crippen LogP contribution in [0.1, 0.15) is 65.2 Å². The maximum absolute atomic E-state index is 6.23. The predicted octanol–water partition coefficient (Wildman–Crippen LogP) is 3.16. The molecular weight excluding hydrogens is 208 g/mol. The van der Waals surface area contributed by atoms with Crippen LogP contribution < -0.4 is 5.73 Å². The standard InChI is InChI=1S/C15H30N2/c1-3-5-11-17(14-8-9-14)15(12-16)10-6-7-13(15)4-2/h13-14H,3-12,16H2,1-2H3. The van der Waals surface area contributed by atoms with Crippen LogP contribution in [0.3, 0.4) is 0 Å². The first-order chi connectivity index (χ1) is 8.28. The lowest BCUT2D eigenvalue weighted by atomic mass is 9.83. The summed E-state index contributed by atoms with van der Waals surface area (Å²) in [6.45, 7) is 6.82. The average molecular weight is 238 g/mol. The van der Waals surface area contributed by atoms with E-state index >= 15 is 0 Å². The summed E-state index contributed by atoms with van der Waals surface area (Å²) in [6.07, 6.45) is 10.9. The topological polar surface area (TPSA) is 29.3 Å². The van der Waals surface area contributed by atoms with Crippen LogP contribution in [0.2, 0.25) is 0 Å². The first-order valence-electron chi connectivity index (χ1n) is 7.75. The molecule has 0 amide bonds. The summed E-state index contributed by atoms with van der Waals surface area (Å²) in [5, 5.41) is 0. The zero-order valence-electron chi connectivity index (χ0n) is 11.8. The lowest BCUT2D eigenvalue weighted by molar-refractivity contribution is 0.0461. The fourth-order valence-corrected chi connectivity index (χ4v) is 3.96. The van der Waals surface area contributed by atoms with E-state index in [1.807, 2.05) is 0 Å². The van der Waals surface area contributed by atoms with Crippen molar-refractivity contribution in [2.24, 2.45) is 11.7 Å². The number of nitrogens with two attached hydrogens (primary N) is 1. The van der Waals surface area contributed by atoms with Crippen molar-refractivity contribution in [3.8, 4) is 0 Å². The Labute approximate surface area is 107 Å². The van der Waals surface area contributed by atoms with Gasteiger partial charge in [-0.25, -0.2) is 0 Å². The van der Waals surface area contributed by atoms with Crippen LogP contribution in [0.25, 0.3) is 0 Å². The Morgan fingerprint density at radius 3 is 2.53 bits per heavy atom. The highest BCUT2D eigenvalue weighted by atomic mass is 15.3. The van der Waals surface area contributed by atoms with Crippen LogP contribution >= 0.6 is 0 Å². The van der Waals surface area contributed by atoms with Crippen molar-refractivity contribution in [1.82, 2.24) is 4.90 Å². The molecule has 0 spiro atoms. The van der Waals surface area contributed by atoms with Gasteiger partial charge >= 0.3 is 0 Å². The maximum atomic E-state index is 6.23. The second kappa shape index (κ2) is 5.71. The fraction of sp³-hybridized carbons (Fsp3) is 1.00. The van der Waals surface area contributed by atoms with Gasteiger partial charge in [0.15, 0.2) is 0 Å². The average Bonchev–Trinajstić information content (AvgIpc) is 3.09. The van der Waals surface area contributed by atoms with Crippen LogP contribution in [-0.4, -0.2) is 29.6 Å². The Kier molecular flexibility index (Phi) is 4.48. The second-order valence-electron chi connectivity index (χ2n) is 6.08. The maximum Gasteiger partial charge on any atom is 0.0362 e. The third-order valence-corrected chi connectivity index (χ3v) is 5.08. The summed E-state index contributed by atoms with van der Waals surface area (Å²) in [5.41, 5.74) is 6.60. The molecule has 2 atom stereocenters. The SMILES string of the molecule is CCCCN(C1CC1)C1(CN)CCCC1CC. The van der Waals surface area contributed by atoms with Gasteiger partial charge in [-0.1, -0.05) is 33.1 Å². The number of hydrogen-bond donors (Lipinski definition) is 1. The van der Waals surface area contributed by atoms with E-state index in [0.717, 1.165) is 18.5 Å². The Morgan fingerprint density at radius 1 is 1.24 bits per heavy atom. The van der Waals surface area contributed by atoms with E-state index in [1.165, 1.54) is 57.9 Å². The first-order valence-corrected chi connectivity index (χ1v) is 7.75. The Hall–Kier alpha value is -0.0800. The second-order valence-corrected chi connectivity index (χ2v) is 6.08. The summed E-state index contributed by atoms with van der Waals surface area (Å²) >= 11 is 0. The highest BCUT2D eigenvalue weighted by Gasteiger charge is 2.49. The van der Waals surface area contributed by atoms with E-state index in [2.05, 4.69) is 18.7 Å². The van der Waals surface area contributed by atoms with Crippen LogP contribution in [-0.2, 0) is 0 Å². The minimum Gasteiger partial charge on any atom is -0.329 e. The van der Waals surface area contributed by atoms with Crippen molar-refractivity contribution >= 4 is 0 Å². The summed E-state index contributed by atoms with van der Waals surface area (Å²) in [4.78, 5) is 2.83. The molecule has 0 aromatic carbocycles. The molecule has 0 bridgehead atoms. The third kappa shape index (κ3) is 2.53. The van der Waals surface area contributed by atoms with E-state index in [-0.39, 0.29) is 0 Å². The molecule has 0 saturated heterocycles. The minimum atomic E-state index is 0.366. The molecule has 17 heavy (non-hydrogen) atoms. The zero-order chi connectivity index (χ0) is 12.3. The molecule has 2 N–H and O–H groups in total. The molecule has 0 radical (unpaired) electrons. The Balaban J connectivity index is 2.11. The van der Waals surface area contributed by atoms with Gasteiger partial charge in [-0.05, 0) is 44.6 Å². The van der Waals surface area contributed by atoms with Gasteiger partial charge < -0.3 is 5.73 Å². The summed E-state index contributed by atoms with van der Waals surface area (Å²) < 4.78 is 0. The zero-order valence-corrected chi connectivity index (χ0v) is 11.8. The molecule has 2 heteroatoms. The molecule has 2 rings (SSSR count). The monoisotopic (exact) mass is 238 g/mol. The molecule has 100 valence electrons. The smallest absolute Gasteiger partial charge is 0.0362 e. The van der Waals surface area contributed by atoms with Crippen molar-refractivity contribution in [2.45, 2.75) is 76.8 Å².